The Hall–Kier alpha value is -4.24. The van der Waals surface area contributed by atoms with E-state index in [2.05, 4.69) is 17.4 Å². The van der Waals surface area contributed by atoms with Crippen molar-refractivity contribution < 1.29 is 14.3 Å². The molecule has 5 aromatic rings. The molecule has 0 spiro atoms. The Labute approximate surface area is 269 Å². The topological polar surface area (TPSA) is 78.3 Å². The van der Waals surface area contributed by atoms with E-state index in [4.69, 9.17) is 42.8 Å². The van der Waals surface area contributed by atoms with Crippen LogP contribution in [0.25, 0.3) is 0 Å². The molecule has 0 saturated carbocycles. The monoisotopic (exact) mass is 642 g/mol. The van der Waals surface area contributed by atoms with Crippen LogP contribution >= 0.6 is 35.0 Å². The third-order valence-corrected chi connectivity index (χ3v) is 8.58. The van der Waals surface area contributed by atoms with E-state index < -0.39 is 12.0 Å². The van der Waals surface area contributed by atoms with Gasteiger partial charge in [0.15, 0.2) is 0 Å². The van der Waals surface area contributed by atoms with Gasteiger partial charge in [0.1, 0.15) is 25.0 Å². The molecule has 1 unspecified atom stereocenters. The number of thioether (sulfide) groups is 1. The second-order valence-corrected chi connectivity index (χ2v) is 11.9. The van der Waals surface area contributed by atoms with Gasteiger partial charge in [0, 0.05) is 27.1 Å². The Morgan fingerprint density at radius 3 is 2.32 bits per heavy atom. The van der Waals surface area contributed by atoms with Crippen LogP contribution in [0.4, 0.5) is 5.95 Å². The Morgan fingerprint density at radius 2 is 1.61 bits per heavy atom. The van der Waals surface area contributed by atoms with Gasteiger partial charge in [-0.1, -0.05) is 114 Å². The van der Waals surface area contributed by atoms with E-state index in [1.54, 1.807) is 16.8 Å². The number of nitrogens with zero attached hydrogens (tertiary/aromatic N) is 3. The van der Waals surface area contributed by atoms with Gasteiger partial charge in [-0.3, -0.25) is 0 Å². The molecule has 0 radical (unpaired) electrons. The van der Waals surface area contributed by atoms with Crippen LogP contribution in [-0.2, 0) is 28.5 Å². The van der Waals surface area contributed by atoms with E-state index in [-0.39, 0.29) is 13.2 Å². The summed E-state index contributed by atoms with van der Waals surface area (Å²) in [6.07, 6.45) is 0. The normalized spacial score (nSPS) is 14.1. The van der Waals surface area contributed by atoms with Gasteiger partial charge in [0.05, 0.1) is 5.57 Å². The zero-order chi connectivity index (χ0) is 30.5. The smallest absolute Gasteiger partial charge is 0.338 e. The number of esters is 1. The number of hydrogen-bond donors (Lipinski definition) is 1. The first-order valence-corrected chi connectivity index (χ1v) is 15.7. The summed E-state index contributed by atoms with van der Waals surface area (Å²) in [7, 11) is 0. The Balaban J connectivity index is 1.26. The maximum absolute atomic E-state index is 13.6. The molecule has 44 heavy (non-hydrogen) atoms. The minimum Gasteiger partial charge on any atom is -0.489 e. The average Bonchev–Trinajstić information content (AvgIpc) is 3.45. The van der Waals surface area contributed by atoms with E-state index in [0.29, 0.717) is 38.2 Å². The predicted octanol–water partition coefficient (Wildman–Crippen LogP) is 8.49. The Bertz CT molecular complexity index is 1800. The van der Waals surface area contributed by atoms with Crippen LogP contribution in [0.5, 0.6) is 5.75 Å². The van der Waals surface area contributed by atoms with E-state index in [9.17, 15) is 4.79 Å². The number of carbonyl (C=O) groups is 1. The fraction of sp³-hybridized carbons (Fsp3) is 0.147. The number of hydrogen-bond acceptors (Lipinski definition) is 7. The zero-order valence-electron chi connectivity index (χ0n) is 23.7. The van der Waals surface area contributed by atoms with Crippen molar-refractivity contribution in [3.05, 3.63) is 147 Å². The maximum Gasteiger partial charge on any atom is 0.338 e. The summed E-state index contributed by atoms with van der Waals surface area (Å²) >= 11 is 13.9. The number of rotatable bonds is 10. The van der Waals surface area contributed by atoms with E-state index in [1.807, 2.05) is 85.8 Å². The number of fused-ring (bicyclic) bond motifs is 1. The molecule has 1 aliphatic heterocycles. The van der Waals surface area contributed by atoms with Crippen LogP contribution in [0.1, 0.15) is 35.2 Å². The zero-order valence-corrected chi connectivity index (χ0v) is 26.1. The summed E-state index contributed by atoms with van der Waals surface area (Å²) in [5.74, 6) is 1.50. The Kier molecular flexibility index (Phi) is 9.21. The highest BCUT2D eigenvalue weighted by molar-refractivity contribution is 7.98. The van der Waals surface area contributed by atoms with Crippen molar-refractivity contribution in [2.24, 2.45) is 0 Å². The van der Waals surface area contributed by atoms with Crippen LogP contribution < -0.4 is 10.1 Å². The van der Waals surface area contributed by atoms with Gasteiger partial charge in [-0.15, -0.1) is 5.10 Å². The van der Waals surface area contributed by atoms with Crippen molar-refractivity contribution in [3.8, 4) is 5.75 Å². The number of allylic oxidation sites excluding steroid dienone is 1. The van der Waals surface area contributed by atoms with Gasteiger partial charge >= 0.3 is 5.97 Å². The standard InChI is InChI=1S/C34H28Cl2N4O3S/c1-22-30(32(41)43-19-23-8-4-2-5-9-23)31(40-33(37-22)38-34(39-40)44-21-24-10-6-3-7-11-24)25-13-16-28(17-14-25)42-20-26-12-15-27(35)18-29(26)36/h2-18,31H,19-21H2,1H3,(H,37,38,39). The molecule has 1 aliphatic rings. The van der Waals surface area contributed by atoms with Gasteiger partial charge in [-0.25, -0.2) is 9.48 Å². The molecule has 0 fully saturated rings. The fourth-order valence-electron chi connectivity index (χ4n) is 4.83. The first-order valence-electron chi connectivity index (χ1n) is 13.9. The molecule has 222 valence electrons. The van der Waals surface area contributed by atoms with Crippen molar-refractivity contribution in [1.82, 2.24) is 14.8 Å². The third-order valence-electron chi connectivity index (χ3n) is 7.08. The molecule has 0 aliphatic carbocycles. The minimum atomic E-state index is -0.562. The quantitative estimate of drug-likeness (QED) is 0.121. The lowest BCUT2D eigenvalue weighted by Gasteiger charge is -2.28. The van der Waals surface area contributed by atoms with Crippen molar-refractivity contribution in [3.63, 3.8) is 0 Å². The average molecular weight is 644 g/mol. The molecule has 1 aromatic heterocycles. The van der Waals surface area contributed by atoms with Crippen molar-refractivity contribution >= 4 is 46.9 Å². The molecule has 1 N–H and O–H groups in total. The lowest BCUT2D eigenvalue weighted by molar-refractivity contribution is -0.140. The predicted molar refractivity (Wildman–Crippen MR) is 174 cm³/mol. The molecular formula is C34H28Cl2N4O3S. The summed E-state index contributed by atoms with van der Waals surface area (Å²) in [4.78, 5) is 18.4. The number of anilines is 1. The van der Waals surface area contributed by atoms with Crippen molar-refractivity contribution in [2.75, 3.05) is 5.32 Å². The van der Waals surface area contributed by atoms with Gasteiger partial charge in [0.2, 0.25) is 11.1 Å². The number of carbonyl (C=O) groups excluding carboxylic acids is 1. The molecule has 4 aromatic carbocycles. The summed E-state index contributed by atoms with van der Waals surface area (Å²) < 4.78 is 13.6. The lowest BCUT2D eigenvalue weighted by atomic mass is 9.95. The molecule has 1 atom stereocenters. The molecule has 6 rings (SSSR count). The Morgan fingerprint density at radius 1 is 0.909 bits per heavy atom. The van der Waals surface area contributed by atoms with Crippen molar-refractivity contribution in [1.29, 1.82) is 0 Å². The highest BCUT2D eigenvalue weighted by Crippen LogP contribution is 2.38. The van der Waals surface area contributed by atoms with Gasteiger partial charge in [-0.2, -0.15) is 4.98 Å². The lowest BCUT2D eigenvalue weighted by Crippen LogP contribution is -2.29. The first-order chi connectivity index (χ1) is 21.4. The van der Waals surface area contributed by atoms with Crippen LogP contribution in [0.15, 0.2) is 120 Å². The van der Waals surface area contributed by atoms with E-state index in [1.165, 1.54) is 17.3 Å². The van der Waals surface area contributed by atoms with Crippen LogP contribution in [0.2, 0.25) is 10.0 Å². The molecule has 0 amide bonds. The number of nitrogens with one attached hydrogen (secondary N) is 1. The largest absolute Gasteiger partial charge is 0.489 e. The first kappa shape index (κ1) is 29.8. The fourth-order valence-corrected chi connectivity index (χ4v) is 6.08. The molecule has 0 bridgehead atoms. The van der Waals surface area contributed by atoms with Gasteiger partial charge < -0.3 is 14.8 Å². The number of ether oxygens (including phenoxy) is 2. The number of benzene rings is 4. The van der Waals surface area contributed by atoms with Gasteiger partial charge in [-0.05, 0) is 47.9 Å². The second-order valence-electron chi connectivity index (χ2n) is 10.2. The molecule has 0 saturated heterocycles. The highest BCUT2D eigenvalue weighted by atomic mass is 35.5. The van der Waals surface area contributed by atoms with Crippen molar-refractivity contribution in [2.45, 2.75) is 37.1 Å². The van der Waals surface area contributed by atoms with Crippen LogP contribution in [0, 0.1) is 0 Å². The summed E-state index contributed by atoms with van der Waals surface area (Å²) in [5.41, 5.74) is 4.85. The molecule has 7 nitrogen and oxygen atoms in total. The maximum atomic E-state index is 13.6. The van der Waals surface area contributed by atoms with Crippen LogP contribution in [-0.4, -0.2) is 20.7 Å². The third kappa shape index (κ3) is 6.94. The van der Waals surface area contributed by atoms with Gasteiger partial charge in [0.25, 0.3) is 0 Å². The number of halogens is 2. The molecular weight excluding hydrogens is 615 g/mol. The SMILES string of the molecule is CC1=C(C(=O)OCc2ccccc2)C(c2ccc(OCc3ccc(Cl)cc3Cl)cc2)n2nc(SCc3ccccc3)nc2N1. The van der Waals surface area contributed by atoms with E-state index >= 15 is 0 Å². The molecule has 10 heteroatoms. The van der Waals surface area contributed by atoms with Crippen LogP contribution in [0.3, 0.4) is 0 Å². The molecule has 2 heterocycles. The van der Waals surface area contributed by atoms with E-state index in [0.717, 1.165) is 22.4 Å². The highest BCUT2D eigenvalue weighted by Gasteiger charge is 2.35. The second kappa shape index (κ2) is 13.6. The summed E-state index contributed by atoms with van der Waals surface area (Å²) in [6.45, 7) is 2.30. The minimum absolute atomic E-state index is 0.158. The number of aromatic nitrogens is 3. The summed E-state index contributed by atoms with van der Waals surface area (Å²) in [5, 5.41) is 9.82. The summed E-state index contributed by atoms with van der Waals surface area (Å²) in [6, 6.07) is 32.1.